The molecule has 1 aliphatic rings. The largest absolute Gasteiger partial charge is 0.394 e. The molecule has 2 atom stereocenters. The van der Waals surface area contributed by atoms with Crippen molar-refractivity contribution in [1.29, 1.82) is 0 Å². The van der Waals surface area contributed by atoms with E-state index < -0.39 is 5.41 Å². The average molecular weight is 291 g/mol. The molecule has 0 aliphatic carbocycles. The highest BCUT2D eigenvalue weighted by Gasteiger charge is 2.34. The van der Waals surface area contributed by atoms with Gasteiger partial charge in [-0.25, -0.2) is 0 Å². The highest BCUT2D eigenvalue weighted by molar-refractivity contribution is 6.00. The van der Waals surface area contributed by atoms with Crippen molar-refractivity contribution < 1.29 is 14.6 Å². The van der Waals surface area contributed by atoms with Gasteiger partial charge in [0.1, 0.15) is 0 Å². The SMILES string of the molecule is CC1CN(CC(C)(C)C(=O)c2ccccc2)CC(CO)O1. The Bertz CT molecular complexity index is 472. The molecule has 0 radical (unpaired) electrons. The number of rotatable bonds is 5. The van der Waals surface area contributed by atoms with Crippen LogP contribution in [0.15, 0.2) is 30.3 Å². The van der Waals surface area contributed by atoms with Gasteiger partial charge in [-0.1, -0.05) is 44.2 Å². The van der Waals surface area contributed by atoms with Gasteiger partial charge in [0.25, 0.3) is 0 Å². The third kappa shape index (κ3) is 4.13. The Labute approximate surface area is 126 Å². The van der Waals surface area contributed by atoms with Crippen LogP contribution in [-0.4, -0.2) is 54.2 Å². The predicted octanol–water partition coefficient (Wildman–Crippen LogP) is 1.98. The average Bonchev–Trinajstić information content (AvgIpc) is 2.46. The second-order valence-corrected chi connectivity index (χ2v) is 6.52. The fourth-order valence-corrected chi connectivity index (χ4v) is 2.98. The molecule has 4 nitrogen and oxygen atoms in total. The normalized spacial score (nSPS) is 24.0. The van der Waals surface area contributed by atoms with Crippen LogP contribution in [0.3, 0.4) is 0 Å². The maximum absolute atomic E-state index is 12.7. The van der Waals surface area contributed by atoms with E-state index in [1.165, 1.54) is 0 Å². The van der Waals surface area contributed by atoms with Crippen molar-refractivity contribution >= 4 is 5.78 Å². The number of hydrogen-bond acceptors (Lipinski definition) is 4. The minimum Gasteiger partial charge on any atom is -0.394 e. The Morgan fingerprint density at radius 1 is 1.33 bits per heavy atom. The summed E-state index contributed by atoms with van der Waals surface area (Å²) in [6, 6.07) is 9.42. The van der Waals surface area contributed by atoms with Gasteiger partial charge < -0.3 is 9.84 Å². The first-order chi connectivity index (χ1) is 9.92. The molecular weight excluding hydrogens is 266 g/mol. The Hall–Kier alpha value is -1.23. The molecule has 1 heterocycles. The number of morpholine rings is 1. The number of nitrogens with zero attached hydrogens (tertiary/aromatic N) is 1. The lowest BCUT2D eigenvalue weighted by molar-refractivity contribution is -0.0995. The Morgan fingerprint density at radius 2 is 2.00 bits per heavy atom. The summed E-state index contributed by atoms with van der Waals surface area (Å²) in [5.41, 5.74) is 0.292. The van der Waals surface area contributed by atoms with Crippen LogP contribution in [0.1, 0.15) is 31.1 Å². The molecule has 1 aliphatic heterocycles. The fourth-order valence-electron chi connectivity index (χ4n) is 2.98. The van der Waals surface area contributed by atoms with E-state index in [9.17, 15) is 9.90 Å². The summed E-state index contributed by atoms with van der Waals surface area (Å²) in [5, 5.41) is 9.29. The van der Waals surface area contributed by atoms with E-state index in [0.29, 0.717) is 13.1 Å². The first kappa shape index (κ1) is 16.1. The molecular formula is C17H25NO3. The van der Waals surface area contributed by atoms with Crippen molar-refractivity contribution in [2.75, 3.05) is 26.2 Å². The summed E-state index contributed by atoms with van der Waals surface area (Å²) < 4.78 is 5.65. The standard InChI is InChI=1S/C17H25NO3/c1-13-9-18(10-15(11-19)21-13)12-17(2,3)16(20)14-7-5-4-6-8-14/h4-8,13,15,19H,9-12H2,1-3H3. The van der Waals surface area contributed by atoms with Gasteiger partial charge in [0.2, 0.25) is 0 Å². The predicted molar refractivity (Wildman–Crippen MR) is 82.4 cm³/mol. The lowest BCUT2D eigenvalue weighted by atomic mass is 9.83. The van der Waals surface area contributed by atoms with E-state index in [4.69, 9.17) is 4.74 Å². The van der Waals surface area contributed by atoms with Gasteiger partial charge in [0.15, 0.2) is 5.78 Å². The lowest BCUT2D eigenvalue weighted by Crippen LogP contribution is -2.51. The molecule has 2 unspecified atom stereocenters. The zero-order chi connectivity index (χ0) is 15.5. The zero-order valence-corrected chi connectivity index (χ0v) is 13.1. The van der Waals surface area contributed by atoms with Gasteiger partial charge in [-0.05, 0) is 6.92 Å². The number of Topliss-reactive ketones (excluding diaryl/α,β-unsaturated/α-hetero) is 1. The Balaban J connectivity index is 2.04. The van der Waals surface area contributed by atoms with Crippen LogP contribution in [0.5, 0.6) is 0 Å². The van der Waals surface area contributed by atoms with Crippen molar-refractivity contribution in [3.05, 3.63) is 35.9 Å². The number of carbonyl (C=O) groups is 1. The van der Waals surface area contributed by atoms with E-state index in [2.05, 4.69) is 4.90 Å². The van der Waals surface area contributed by atoms with Crippen molar-refractivity contribution in [2.24, 2.45) is 5.41 Å². The highest BCUT2D eigenvalue weighted by Crippen LogP contribution is 2.25. The molecule has 0 amide bonds. The van der Waals surface area contributed by atoms with Crippen LogP contribution in [0.4, 0.5) is 0 Å². The molecule has 0 spiro atoms. The van der Waals surface area contributed by atoms with Gasteiger partial charge >= 0.3 is 0 Å². The number of aliphatic hydroxyl groups excluding tert-OH is 1. The molecule has 1 saturated heterocycles. The zero-order valence-electron chi connectivity index (χ0n) is 13.1. The summed E-state index contributed by atoms with van der Waals surface area (Å²) in [4.78, 5) is 14.9. The van der Waals surface area contributed by atoms with Crippen LogP contribution in [-0.2, 0) is 4.74 Å². The van der Waals surface area contributed by atoms with E-state index in [-0.39, 0.29) is 24.6 Å². The molecule has 0 aromatic heterocycles. The van der Waals surface area contributed by atoms with Gasteiger partial charge in [-0.2, -0.15) is 0 Å². The number of ketones is 1. The van der Waals surface area contributed by atoms with Gasteiger partial charge in [0, 0.05) is 30.6 Å². The molecule has 116 valence electrons. The summed E-state index contributed by atoms with van der Waals surface area (Å²) in [5.74, 6) is 0.155. The number of benzene rings is 1. The topological polar surface area (TPSA) is 49.8 Å². The van der Waals surface area contributed by atoms with Gasteiger partial charge in [-0.3, -0.25) is 9.69 Å². The quantitative estimate of drug-likeness (QED) is 0.843. The summed E-state index contributed by atoms with van der Waals surface area (Å²) >= 11 is 0. The molecule has 1 aromatic rings. The minimum absolute atomic E-state index is 0.0217. The molecule has 1 N–H and O–H groups in total. The van der Waals surface area contributed by atoms with Crippen molar-refractivity contribution in [3.63, 3.8) is 0 Å². The van der Waals surface area contributed by atoms with Crippen LogP contribution in [0.2, 0.25) is 0 Å². The lowest BCUT2D eigenvalue weighted by Gasteiger charge is -2.39. The number of ether oxygens (including phenoxy) is 1. The van der Waals surface area contributed by atoms with E-state index >= 15 is 0 Å². The van der Waals surface area contributed by atoms with Crippen LogP contribution < -0.4 is 0 Å². The van der Waals surface area contributed by atoms with Crippen LogP contribution in [0, 0.1) is 5.41 Å². The van der Waals surface area contributed by atoms with E-state index in [1.54, 1.807) is 0 Å². The number of hydrogen-bond donors (Lipinski definition) is 1. The molecule has 2 rings (SSSR count). The van der Waals surface area contributed by atoms with Gasteiger partial charge in [-0.15, -0.1) is 0 Å². The second kappa shape index (κ2) is 6.69. The van der Waals surface area contributed by atoms with E-state index in [0.717, 1.165) is 12.1 Å². The van der Waals surface area contributed by atoms with Crippen LogP contribution in [0.25, 0.3) is 0 Å². The molecule has 1 fully saturated rings. The molecule has 21 heavy (non-hydrogen) atoms. The summed E-state index contributed by atoms with van der Waals surface area (Å²) in [6.45, 7) is 8.13. The van der Waals surface area contributed by atoms with Crippen LogP contribution >= 0.6 is 0 Å². The first-order valence-corrected chi connectivity index (χ1v) is 7.51. The highest BCUT2D eigenvalue weighted by atomic mass is 16.5. The molecule has 1 aromatic carbocycles. The number of carbonyl (C=O) groups excluding carboxylic acids is 1. The smallest absolute Gasteiger partial charge is 0.169 e. The summed E-state index contributed by atoms with van der Waals surface area (Å²) in [6.07, 6.45) is -0.0742. The first-order valence-electron chi connectivity index (χ1n) is 7.51. The van der Waals surface area contributed by atoms with Crippen molar-refractivity contribution in [2.45, 2.75) is 33.0 Å². The Kier molecular flexibility index (Phi) is 5.14. The second-order valence-electron chi connectivity index (χ2n) is 6.52. The van der Waals surface area contributed by atoms with Gasteiger partial charge in [0.05, 0.1) is 18.8 Å². The maximum Gasteiger partial charge on any atom is 0.169 e. The molecule has 0 saturated carbocycles. The summed E-state index contributed by atoms with van der Waals surface area (Å²) in [7, 11) is 0. The van der Waals surface area contributed by atoms with E-state index in [1.807, 2.05) is 51.1 Å². The van der Waals surface area contributed by atoms with Crippen molar-refractivity contribution in [3.8, 4) is 0 Å². The molecule has 0 bridgehead atoms. The third-order valence-electron chi connectivity index (χ3n) is 3.88. The third-order valence-corrected chi connectivity index (χ3v) is 3.88. The maximum atomic E-state index is 12.7. The minimum atomic E-state index is -0.460. The fraction of sp³-hybridized carbons (Fsp3) is 0.588. The number of aliphatic hydroxyl groups is 1. The monoisotopic (exact) mass is 291 g/mol. The Morgan fingerprint density at radius 3 is 2.62 bits per heavy atom. The van der Waals surface area contributed by atoms with Crippen molar-refractivity contribution in [1.82, 2.24) is 4.90 Å². The molecule has 4 heteroatoms.